The van der Waals surface area contributed by atoms with Gasteiger partial charge in [0, 0.05) is 23.2 Å². The number of hydrogen-bond acceptors (Lipinski definition) is 5. The second-order valence-electron chi connectivity index (χ2n) is 6.34. The van der Waals surface area contributed by atoms with Crippen LogP contribution in [0.25, 0.3) is 0 Å². The number of nitriles is 1. The van der Waals surface area contributed by atoms with Crippen molar-refractivity contribution in [2.45, 2.75) is 25.2 Å². The molecule has 0 aromatic heterocycles. The second kappa shape index (κ2) is 8.83. The largest absolute Gasteiger partial charge is 0.486 e. The first-order chi connectivity index (χ1) is 13.1. The molecule has 6 heteroatoms. The molecule has 3 rings (SSSR count). The third kappa shape index (κ3) is 4.75. The summed E-state index contributed by atoms with van der Waals surface area (Å²) in [7, 11) is 0. The van der Waals surface area contributed by atoms with Crippen molar-refractivity contribution < 1.29 is 14.3 Å². The van der Waals surface area contributed by atoms with E-state index in [1.54, 1.807) is 4.90 Å². The van der Waals surface area contributed by atoms with Crippen LogP contribution in [0.1, 0.15) is 17.5 Å². The summed E-state index contributed by atoms with van der Waals surface area (Å²) in [6.45, 7) is 5.45. The van der Waals surface area contributed by atoms with Gasteiger partial charge in [-0.1, -0.05) is 17.7 Å². The molecule has 0 saturated heterocycles. The first-order valence-corrected chi connectivity index (χ1v) is 9.84. The SMILES string of the molecule is Cc1ccc(C)c(SCC(=O)N(CCC#N)c2ccc3c(c2)OCCO3)c1. The fourth-order valence-electron chi connectivity index (χ4n) is 2.84. The zero-order valence-corrected chi connectivity index (χ0v) is 16.3. The number of ether oxygens (including phenoxy) is 2. The number of anilines is 1. The van der Waals surface area contributed by atoms with Gasteiger partial charge in [0.25, 0.3) is 0 Å². The minimum absolute atomic E-state index is 0.0344. The van der Waals surface area contributed by atoms with Crippen LogP contribution in [0.15, 0.2) is 41.3 Å². The van der Waals surface area contributed by atoms with Gasteiger partial charge in [-0.15, -0.1) is 11.8 Å². The van der Waals surface area contributed by atoms with Crippen LogP contribution in [-0.4, -0.2) is 31.4 Å². The number of carbonyl (C=O) groups excluding carboxylic acids is 1. The van der Waals surface area contributed by atoms with E-state index in [-0.39, 0.29) is 12.3 Å². The summed E-state index contributed by atoms with van der Waals surface area (Å²) in [6.07, 6.45) is 0.272. The Labute approximate surface area is 163 Å². The van der Waals surface area contributed by atoms with Crippen LogP contribution in [-0.2, 0) is 4.79 Å². The molecule has 0 radical (unpaired) electrons. The van der Waals surface area contributed by atoms with E-state index in [0.29, 0.717) is 37.0 Å². The normalized spacial score (nSPS) is 12.3. The predicted molar refractivity (Wildman–Crippen MR) is 107 cm³/mol. The molecule has 2 aromatic carbocycles. The summed E-state index contributed by atoms with van der Waals surface area (Å²) >= 11 is 1.52. The van der Waals surface area contributed by atoms with Crippen molar-refractivity contribution in [2.75, 3.05) is 30.4 Å². The fraction of sp³-hybridized carbons (Fsp3) is 0.333. The number of benzene rings is 2. The molecule has 1 aliphatic rings. The quantitative estimate of drug-likeness (QED) is 0.704. The molecule has 27 heavy (non-hydrogen) atoms. The van der Waals surface area contributed by atoms with E-state index in [1.807, 2.05) is 32.0 Å². The van der Waals surface area contributed by atoms with E-state index < -0.39 is 0 Å². The van der Waals surface area contributed by atoms with Crippen LogP contribution in [0, 0.1) is 25.2 Å². The van der Waals surface area contributed by atoms with Crippen molar-refractivity contribution in [3.8, 4) is 17.6 Å². The molecule has 1 aliphatic heterocycles. The summed E-state index contributed by atoms with van der Waals surface area (Å²) < 4.78 is 11.2. The van der Waals surface area contributed by atoms with Gasteiger partial charge in [0.05, 0.1) is 18.2 Å². The smallest absolute Gasteiger partial charge is 0.237 e. The van der Waals surface area contributed by atoms with Crippen molar-refractivity contribution in [1.29, 1.82) is 5.26 Å². The molecular formula is C21H22N2O3S. The van der Waals surface area contributed by atoms with Gasteiger partial charge in [-0.05, 0) is 37.6 Å². The molecule has 0 saturated carbocycles. The second-order valence-corrected chi connectivity index (χ2v) is 7.36. The van der Waals surface area contributed by atoms with E-state index in [1.165, 1.54) is 17.3 Å². The van der Waals surface area contributed by atoms with Crippen molar-refractivity contribution in [2.24, 2.45) is 0 Å². The Kier molecular flexibility index (Phi) is 6.25. The Morgan fingerprint density at radius 2 is 1.93 bits per heavy atom. The summed E-state index contributed by atoms with van der Waals surface area (Å²) in [5.41, 5.74) is 3.05. The average molecular weight is 382 g/mol. The highest BCUT2D eigenvalue weighted by molar-refractivity contribution is 8.00. The summed E-state index contributed by atoms with van der Waals surface area (Å²) in [4.78, 5) is 15.7. The number of nitrogens with zero attached hydrogens (tertiary/aromatic N) is 2. The van der Waals surface area contributed by atoms with Crippen molar-refractivity contribution >= 4 is 23.4 Å². The number of carbonyl (C=O) groups is 1. The van der Waals surface area contributed by atoms with Gasteiger partial charge < -0.3 is 14.4 Å². The molecule has 0 bridgehead atoms. The number of fused-ring (bicyclic) bond motifs is 1. The predicted octanol–water partition coefficient (Wildman–Crippen LogP) is 4.11. The molecule has 1 amide bonds. The van der Waals surface area contributed by atoms with Crippen LogP contribution in [0.5, 0.6) is 11.5 Å². The first kappa shape index (κ1) is 19.1. The minimum Gasteiger partial charge on any atom is -0.486 e. The summed E-state index contributed by atoms with van der Waals surface area (Å²) in [5.74, 6) is 1.59. The number of amides is 1. The lowest BCUT2D eigenvalue weighted by molar-refractivity contribution is -0.116. The zero-order valence-electron chi connectivity index (χ0n) is 15.5. The van der Waals surface area contributed by atoms with Gasteiger partial charge >= 0.3 is 0 Å². The topological polar surface area (TPSA) is 62.6 Å². The van der Waals surface area contributed by atoms with E-state index in [4.69, 9.17) is 14.7 Å². The van der Waals surface area contributed by atoms with Crippen LogP contribution >= 0.6 is 11.8 Å². The highest BCUT2D eigenvalue weighted by atomic mass is 32.2. The number of rotatable bonds is 6. The zero-order chi connectivity index (χ0) is 19.2. The lowest BCUT2D eigenvalue weighted by Gasteiger charge is -2.25. The molecule has 5 nitrogen and oxygen atoms in total. The van der Waals surface area contributed by atoms with E-state index in [9.17, 15) is 4.79 Å². The van der Waals surface area contributed by atoms with Gasteiger partial charge in [-0.2, -0.15) is 5.26 Å². The Morgan fingerprint density at radius 1 is 1.15 bits per heavy atom. The van der Waals surface area contributed by atoms with Gasteiger partial charge in [-0.25, -0.2) is 0 Å². The highest BCUT2D eigenvalue weighted by Crippen LogP contribution is 2.34. The number of aryl methyl sites for hydroxylation is 2. The summed E-state index contributed by atoms with van der Waals surface area (Å²) in [6, 6.07) is 13.8. The number of thioether (sulfide) groups is 1. The molecule has 0 atom stereocenters. The van der Waals surface area contributed by atoms with Crippen LogP contribution in [0.3, 0.4) is 0 Å². The third-order valence-corrected chi connectivity index (χ3v) is 5.42. The molecule has 0 spiro atoms. The minimum atomic E-state index is -0.0344. The molecular weight excluding hydrogens is 360 g/mol. The Hall–Kier alpha value is -2.65. The fourth-order valence-corrected chi connectivity index (χ4v) is 3.84. The van der Waals surface area contributed by atoms with Crippen molar-refractivity contribution in [3.63, 3.8) is 0 Å². The van der Waals surface area contributed by atoms with E-state index in [2.05, 4.69) is 24.3 Å². The van der Waals surface area contributed by atoms with E-state index >= 15 is 0 Å². The van der Waals surface area contributed by atoms with Crippen LogP contribution < -0.4 is 14.4 Å². The van der Waals surface area contributed by atoms with Gasteiger partial charge in [-0.3, -0.25) is 4.79 Å². The molecule has 140 valence electrons. The molecule has 0 aliphatic carbocycles. The Morgan fingerprint density at radius 3 is 2.70 bits per heavy atom. The standard InChI is InChI=1S/C21H22N2O3S/c1-15-4-5-16(2)20(12-15)27-14-21(24)23(9-3-8-22)17-6-7-18-19(13-17)26-11-10-25-18/h4-7,12-13H,3,9-11,14H2,1-2H3. The molecule has 1 heterocycles. The van der Waals surface area contributed by atoms with Crippen molar-refractivity contribution in [1.82, 2.24) is 0 Å². The van der Waals surface area contributed by atoms with Gasteiger partial charge in [0.1, 0.15) is 13.2 Å². The van der Waals surface area contributed by atoms with Gasteiger partial charge in [0.15, 0.2) is 11.5 Å². The van der Waals surface area contributed by atoms with Gasteiger partial charge in [0.2, 0.25) is 5.91 Å². The van der Waals surface area contributed by atoms with Crippen LogP contribution in [0.2, 0.25) is 0 Å². The maximum Gasteiger partial charge on any atom is 0.237 e. The lowest BCUT2D eigenvalue weighted by atomic mass is 10.2. The van der Waals surface area contributed by atoms with Crippen molar-refractivity contribution in [3.05, 3.63) is 47.5 Å². The van der Waals surface area contributed by atoms with Crippen LogP contribution in [0.4, 0.5) is 5.69 Å². The maximum atomic E-state index is 12.9. The number of hydrogen-bond donors (Lipinski definition) is 0. The average Bonchev–Trinajstić information content (AvgIpc) is 2.68. The first-order valence-electron chi connectivity index (χ1n) is 8.85. The molecule has 0 fully saturated rings. The molecule has 0 N–H and O–H groups in total. The summed E-state index contributed by atoms with van der Waals surface area (Å²) in [5, 5.41) is 8.97. The Balaban J connectivity index is 1.76. The maximum absolute atomic E-state index is 12.9. The molecule has 2 aromatic rings. The monoisotopic (exact) mass is 382 g/mol. The van der Waals surface area contributed by atoms with E-state index in [0.717, 1.165) is 16.1 Å². The lowest BCUT2D eigenvalue weighted by Crippen LogP contribution is -2.33. The molecule has 0 unspecified atom stereocenters. The third-order valence-electron chi connectivity index (χ3n) is 4.28. The highest BCUT2D eigenvalue weighted by Gasteiger charge is 2.20. The Bertz CT molecular complexity index is 876.